The fraction of sp³-hybridized carbons (Fsp3) is 0.500. The summed E-state index contributed by atoms with van der Waals surface area (Å²) < 4.78 is 0. The largest absolute Gasteiger partial charge is 0.399 e. The minimum Gasteiger partial charge on any atom is -0.399 e. The molecule has 112 valence electrons. The molecule has 2 aliphatic heterocycles. The van der Waals surface area contributed by atoms with Gasteiger partial charge in [-0.2, -0.15) is 0 Å². The lowest BCUT2D eigenvalue weighted by Gasteiger charge is -2.35. The number of fused-ring (bicyclic) bond motifs is 1. The molecule has 0 spiro atoms. The third-order valence-electron chi connectivity index (χ3n) is 4.40. The number of nitrogens with zero attached hydrogens (tertiary/aromatic N) is 2. The molecule has 0 aromatic heterocycles. The van der Waals surface area contributed by atoms with E-state index in [1.54, 1.807) is 18.2 Å². The molecular weight excluding hydrogens is 266 g/mol. The maximum absolute atomic E-state index is 12.5. The van der Waals surface area contributed by atoms with E-state index in [1.807, 2.05) is 0 Å². The lowest BCUT2D eigenvalue weighted by Crippen LogP contribution is -2.47. The number of carbonyl (C=O) groups is 2. The molecule has 21 heavy (non-hydrogen) atoms. The Hall–Kier alpha value is -1.88. The highest BCUT2D eigenvalue weighted by molar-refractivity contribution is 6.21. The van der Waals surface area contributed by atoms with Crippen LogP contribution in [0.5, 0.6) is 0 Å². The normalized spacial score (nSPS) is 20.1. The molecule has 2 aliphatic rings. The van der Waals surface area contributed by atoms with Crippen LogP contribution in [-0.4, -0.2) is 47.3 Å². The van der Waals surface area contributed by atoms with Gasteiger partial charge >= 0.3 is 0 Å². The highest BCUT2D eigenvalue weighted by Gasteiger charge is 2.40. The second-order valence-corrected chi connectivity index (χ2v) is 5.86. The van der Waals surface area contributed by atoms with Crippen LogP contribution in [0, 0.1) is 0 Å². The number of piperidine rings is 1. The molecule has 5 heteroatoms. The van der Waals surface area contributed by atoms with Crippen molar-refractivity contribution < 1.29 is 9.59 Å². The summed E-state index contributed by atoms with van der Waals surface area (Å²) in [4.78, 5) is 28.8. The smallest absolute Gasteiger partial charge is 0.261 e. The van der Waals surface area contributed by atoms with E-state index in [9.17, 15) is 9.59 Å². The first-order chi connectivity index (χ1) is 10.1. The van der Waals surface area contributed by atoms with Gasteiger partial charge < -0.3 is 10.6 Å². The number of hydrogen-bond acceptors (Lipinski definition) is 4. The number of benzene rings is 1. The van der Waals surface area contributed by atoms with Gasteiger partial charge in [0, 0.05) is 24.8 Å². The number of nitrogens with two attached hydrogens (primary N) is 1. The number of likely N-dealkylation sites (tertiary alicyclic amines) is 1. The maximum atomic E-state index is 12.5. The quantitative estimate of drug-likeness (QED) is 0.679. The van der Waals surface area contributed by atoms with Gasteiger partial charge in [-0.25, -0.2) is 0 Å². The van der Waals surface area contributed by atoms with Gasteiger partial charge in [-0.3, -0.25) is 14.5 Å². The summed E-state index contributed by atoms with van der Waals surface area (Å²) in [5.74, 6) is -0.347. The second kappa shape index (κ2) is 5.48. The van der Waals surface area contributed by atoms with Crippen LogP contribution < -0.4 is 5.73 Å². The molecule has 3 rings (SSSR count). The number of rotatable bonds is 3. The maximum Gasteiger partial charge on any atom is 0.261 e. The van der Waals surface area contributed by atoms with Gasteiger partial charge in [-0.05, 0) is 44.0 Å². The Morgan fingerprint density at radius 2 is 1.81 bits per heavy atom. The zero-order valence-corrected chi connectivity index (χ0v) is 12.3. The van der Waals surface area contributed by atoms with Crippen LogP contribution in [0.25, 0.3) is 0 Å². The molecule has 1 aromatic rings. The Bertz CT molecular complexity index is 577. The van der Waals surface area contributed by atoms with E-state index in [2.05, 4.69) is 11.8 Å². The average Bonchev–Trinajstić information content (AvgIpc) is 2.72. The van der Waals surface area contributed by atoms with E-state index < -0.39 is 0 Å². The molecule has 2 heterocycles. The summed E-state index contributed by atoms with van der Waals surface area (Å²) in [6.07, 6.45) is 2.86. The molecule has 2 N–H and O–H groups in total. The minimum absolute atomic E-state index is 0.0201. The highest BCUT2D eigenvalue weighted by Crippen LogP contribution is 2.29. The molecule has 0 unspecified atom stereocenters. The average molecular weight is 287 g/mol. The standard InChI is InChI=1S/C16H21N3O2/c1-2-7-18-8-5-12(6-9-18)19-15(20)13-4-3-11(17)10-14(13)16(19)21/h3-4,10,12H,2,5-9,17H2,1H3. The third kappa shape index (κ3) is 2.42. The van der Waals surface area contributed by atoms with Crippen LogP contribution in [0.15, 0.2) is 18.2 Å². The lowest BCUT2D eigenvalue weighted by atomic mass is 10.0. The SMILES string of the molecule is CCCN1CCC(N2C(=O)c3ccc(N)cc3C2=O)CC1. The first-order valence-electron chi connectivity index (χ1n) is 7.61. The van der Waals surface area contributed by atoms with Gasteiger partial charge in [0.05, 0.1) is 11.1 Å². The van der Waals surface area contributed by atoms with E-state index >= 15 is 0 Å². The van der Waals surface area contributed by atoms with Crippen molar-refractivity contribution in [3.8, 4) is 0 Å². The Balaban J connectivity index is 1.77. The predicted molar refractivity (Wildman–Crippen MR) is 81.1 cm³/mol. The topological polar surface area (TPSA) is 66.6 Å². The van der Waals surface area contributed by atoms with Gasteiger partial charge in [0.15, 0.2) is 0 Å². The highest BCUT2D eigenvalue weighted by atomic mass is 16.2. The van der Waals surface area contributed by atoms with Gasteiger partial charge in [-0.15, -0.1) is 0 Å². The Kier molecular flexibility index (Phi) is 3.68. The fourth-order valence-electron chi connectivity index (χ4n) is 3.33. The van der Waals surface area contributed by atoms with Gasteiger partial charge in [0.1, 0.15) is 0 Å². The summed E-state index contributed by atoms with van der Waals surface area (Å²) in [6.45, 7) is 5.16. The Morgan fingerprint density at radius 1 is 1.14 bits per heavy atom. The summed E-state index contributed by atoms with van der Waals surface area (Å²) in [6, 6.07) is 4.97. The van der Waals surface area contributed by atoms with Crippen LogP contribution in [0.1, 0.15) is 46.9 Å². The van der Waals surface area contributed by atoms with E-state index in [-0.39, 0.29) is 17.9 Å². The number of imide groups is 1. The molecule has 1 fully saturated rings. The van der Waals surface area contributed by atoms with E-state index in [4.69, 9.17) is 5.73 Å². The molecular formula is C16H21N3O2. The van der Waals surface area contributed by atoms with Crippen molar-refractivity contribution in [3.63, 3.8) is 0 Å². The molecule has 5 nitrogen and oxygen atoms in total. The summed E-state index contributed by atoms with van der Waals surface area (Å²) in [5, 5.41) is 0. The molecule has 0 atom stereocenters. The minimum atomic E-state index is -0.184. The Labute approximate surface area is 124 Å². The van der Waals surface area contributed by atoms with Gasteiger partial charge in [-0.1, -0.05) is 6.92 Å². The van der Waals surface area contributed by atoms with Crippen molar-refractivity contribution in [2.45, 2.75) is 32.2 Å². The van der Waals surface area contributed by atoms with Crippen molar-refractivity contribution in [1.29, 1.82) is 0 Å². The van der Waals surface area contributed by atoms with Gasteiger partial charge in [0.25, 0.3) is 11.8 Å². The first kappa shape index (κ1) is 14.1. The van der Waals surface area contributed by atoms with Crippen LogP contribution >= 0.6 is 0 Å². The monoisotopic (exact) mass is 287 g/mol. The molecule has 0 radical (unpaired) electrons. The van der Waals surface area contributed by atoms with Crippen molar-refractivity contribution >= 4 is 17.5 Å². The van der Waals surface area contributed by atoms with Crippen molar-refractivity contribution in [2.24, 2.45) is 0 Å². The summed E-state index contributed by atoms with van der Waals surface area (Å²) >= 11 is 0. The van der Waals surface area contributed by atoms with E-state index in [1.165, 1.54) is 4.90 Å². The molecule has 0 aliphatic carbocycles. The van der Waals surface area contributed by atoms with Crippen LogP contribution in [0.3, 0.4) is 0 Å². The number of hydrogen-bond donors (Lipinski definition) is 1. The fourth-order valence-corrected chi connectivity index (χ4v) is 3.33. The van der Waals surface area contributed by atoms with Gasteiger partial charge in [0.2, 0.25) is 0 Å². The van der Waals surface area contributed by atoms with Crippen LogP contribution in [-0.2, 0) is 0 Å². The van der Waals surface area contributed by atoms with Crippen LogP contribution in [0.2, 0.25) is 0 Å². The van der Waals surface area contributed by atoms with Crippen LogP contribution in [0.4, 0.5) is 5.69 Å². The lowest BCUT2D eigenvalue weighted by molar-refractivity contribution is 0.0503. The van der Waals surface area contributed by atoms with E-state index in [0.29, 0.717) is 16.8 Å². The van der Waals surface area contributed by atoms with Crippen molar-refractivity contribution in [2.75, 3.05) is 25.4 Å². The van der Waals surface area contributed by atoms with E-state index in [0.717, 1.165) is 38.9 Å². The summed E-state index contributed by atoms with van der Waals surface area (Å²) in [5.41, 5.74) is 7.19. The molecule has 2 amide bonds. The summed E-state index contributed by atoms with van der Waals surface area (Å²) in [7, 11) is 0. The zero-order valence-electron chi connectivity index (χ0n) is 12.3. The molecule has 1 aromatic carbocycles. The second-order valence-electron chi connectivity index (χ2n) is 5.86. The molecule has 0 saturated carbocycles. The predicted octanol–water partition coefficient (Wildman–Crippen LogP) is 1.74. The van der Waals surface area contributed by atoms with Crippen molar-refractivity contribution in [3.05, 3.63) is 29.3 Å². The number of anilines is 1. The molecule has 1 saturated heterocycles. The number of nitrogen functional groups attached to an aromatic ring is 1. The number of amides is 2. The Morgan fingerprint density at radius 3 is 2.48 bits per heavy atom. The third-order valence-corrected chi connectivity index (χ3v) is 4.40. The number of carbonyl (C=O) groups excluding carboxylic acids is 2. The zero-order chi connectivity index (χ0) is 15.0. The van der Waals surface area contributed by atoms with Crippen molar-refractivity contribution in [1.82, 2.24) is 9.80 Å². The molecule has 0 bridgehead atoms. The first-order valence-corrected chi connectivity index (χ1v) is 7.61.